The first-order chi connectivity index (χ1) is 20.5. The van der Waals surface area contributed by atoms with Crippen LogP contribution in [0.25, 0.3) is 10.8 Å². The van der Waals surface area contributed by atoms with Crippen molar-refractivity contribution in [3.8, 4) is 0 Å². The van der Waals surface area contributed by atoms with E-state index in [-0.39, 0.29) is 0 Å². The zero-order valence-electron chi connectivity index (χ0n) is 25.1. The van der Waals surface area contributed by atoms with Crippen molar-refractivity contribution in [3.05, 3.63) is 138 Å². The van der Waals surface area contributed by atoms with Gasteiger partial charge in [0.15, 0.2) is 0 Å². The fourth-order valence-electron chi connectivity index (χ4n) is 6.06. The number of aliphatic imine (C=N–C) groups is 2. The van der Waals surface area contributed by atoms with Gasteiger partial charge in [0.05, 0.1) is 17.1 Å². The highest BCUT2D eigenvalue weighted by atomic mass is 31.1. The second kappa shape index (κ2) is 12.6. The number of hydrogen-bond donors (Lipinski definition) is 0. The summed E-state index contributed by atoms with van der Waals surface area (Å²) in [6.45, 7) is 9.83. The molecule has 3 heteroatoms. The monoisotopic (exact) mass is 566 g/mol. The molecule has 210 valence electrons. The molecule has 0 bridgehead atoms. The average Bonchev–Trinajstić information content (AvgIpc) is 3.31. The molecule has 0 fully saturated rings. The molecule has 1 aliphatic rings. The first-order valence-electron chi connectivity index (χ1n) is 15.2. The molecule has 0 atom stereocenters. The van der Waals surface area contributed by atoms with Crippen LogP contribution in [0.15, 0.2) is 125 Å². The number of hydrogen-bond acceptors (Lipinski definition) is 2. The highest BCUT2D eigenvalue weighted by molar-refractivity contribution is 7.73. The van der Waals surface area contributed by atoms with E-state index in [1.807, 2.05) is 0 Å². The summed E-state index contributed by atoms with van der Waals surface area (Å²) in [7, 11) is -0.429. The molecule has 2 nitrogen and oxygen atoms in total. The van der Waals surface area contributed by atoms with E-state index < -0.39 is 7.92 Å². The van der Waals surface area contributed by atoms with Gasteiger partial charge in [-0.3, -0.25) is 4.99 Å². The SMILES string of the molecule is CC(C)c1cccc(C(C)C)c1/N=C1/C(=N/CCCP(c2ccccc2)c2ccccc2)c2cccc3cccc1c23. The van der Waals surface area contributed by atoms with Crippen LogP contribution in [0.2, 0.25) is 0 Å². The van der Waals surface area contributed by atoms with E-state index in [2.05, 4.69) is 143 Å². The standard InChI is InChI=1S/C39H39N2P/c1-27(2)32-21-13-22-33(28(3)4)37(32)41-39-35-24-12-16-29-15-11-23-34(36(29)35)38(39)40-25-14-26-42(30-17-7-5-8-18-30)31-19-9-6-10-20-31/h5-13,15-24,27-28H,14,25-26H2,1-4H3/b40-38+,41-39+. The summed E-state index contributed by atoms with van der Waals surface area (Å²) in [6.07, 6.45) is 2.13. The lowest BCUT2D eigenvalue weighted by atomic mass is 9.92. The van der Waals surface area contributed by atoms with Crippen molar-refractivity contribution >= 4 is 46.4 Å². The van der Waals surface area contributed by atoms with Gasteiger partial charge >= 0.3 is 0 Å². The van der Waals surface area contributed by atoms with Gasteiger partial charge in [0.1, 0.15) is 0 Å². The smallest absolute Gasteiger partial charge is 0.0974 e. The molecule has 0 spiro atoms. The quantitative estimate of drug-likeness (QED) is 0.125. The number of para-hydroxylation sites is 1. The lowest BCUT2D eigenvalue weighted by molar-refractivity contribution is 0.835. The summed E-state index contributed by atoms with van der Waals surface area (Å²) in [5.74, 6) is 0.774. The largest absolute Gasteiger partial charge is 0.282 e. The Kier molecular flexibility index (Phi) is 8.45. The van der Waals surface area contributed by atoms with E-state index in [0.29, 0.717) is 11.8 Å². The summed E-state index contributed by atoms with van der Waals surface area (Å²) in [4.78, 5) is 10.9. The molecular formula is C39H39N2P. The van der Waals surface area contributed by atoms with Crippen LogP contribution in [0, 0.1) is 0 Å². The molecule has 0 saturated heterocycles. The lowest BCUT2D eigenvalue weighted by Gasteiger charge is -2.18. The Labute approximate surface area is 252 Å². The van der Waals surface area contributed by atoms with E-state index in [1.165, 1.54) is 43.6 Å². The van der Waals surface area contributed by atoms with Crippen molar-refractivity contribution in [2.24, 2.45) is 9.98 Å². The number of nitrogens with zero attached hydrogens (tertiary/aromatic N) is 2. The van der Waals surface area contributed by atoms with Crippen LogP contribution in [-0.4, -0.2) is 24.1 Å². The first-order valence-corrected chi connectivity index (χ1v) is 16.7. The minimum Gasteiger partial charge on any atom is -0.282 e. The first kappa shape index (κ1) is 28.3. The number of benzene rings is 5. The molecule has 0 saturated carbocycles. The highest BCUT2D eigenvalue weighted by Gasteiger charge is 2.28. The van der Waals surface area contributed by atoms with Crippen molar-refractivity contribution in [2.45, 2.75) is 46.0 Å². The summed E-state index contributed by atoms with van der Waals surface area (Å²) in [6, 6.07) is 41.8. The molecule has 0 N–H and O–H groups in total. The molecule has 5 aromatic rings. The van der Waals surface area contributed by atoms with E-state index >= 15 is 0 Å². The third-order valence-corrected chi connectivity index (χ3v) is 10.8. The summed E-state index contributed by atoms with van der Waals surface area (Å²) >= 11 is 0. The summed E-state index contributed by atoms with van der Waals surface area (Å²) < 4.78 is 0. The minimum absolute atomic E-state index is 0.387. The maximum atomic E-state index is 5.52. The Hall–Kier alpha value is -3.87. The van der Waals surface area contributed by atoms with Gasteiger partial charge in [-0.15, -0.1) is 0 Å². The molecule has 42 heavy (non-hydrogen) atoms. The van der Waals surface area contributed by atoms with E-state index in [0.717, 1.165) is 36.2 Å². The van der Waals surface area contributed by atoms with Gasteiger partial charge in [0, 0.05) is 23.1 Å². The molecule has 0 radical (unpaired) electrons. The Morgan fingerprint density at radius 3 is 1.64 bits per heavy atom. The molecule has 1 aliphatic carbocycles. The van der Waals surface area contributed by atoms with E-state index in [4.69, 9.17) is 9.98 Å². The second-order valence-corrected chi connectivity index (χ2v) is 14.0. The van der Waals surface area contributed by atoms with Gasteiger partial charge in [0.25, 0.3) is 0 Å². The zero-order chi connectivity index (χ0) is 29.1. The van der Waals surface area contributed by atoms with Crippen LogP contribution < -0.4 is 10.6 Å². The van der Waals surface area contributed by atoms with Gasteiger partial charge in [0.2, 0.25) is 0 Å². The van der Waals surface area contributed by atoms with Crippen LogP contribution in [0.5, 0.6) is 0 Å². The van der Waals surface area contributed by atoms with Gasteiger partial charge in [-0.05, 0) is 59.5 Å². The van der Waals surface area contributed by atoms with Crippen molar-refractivity contribution in [1.29, 1.82) is 0 Å². The fraction of sp³-hybridized carbons (Fsp3) is 0.231. The van der Waals surface area contributed by atoms with Gasteiger partial charge in [-0.25, -0.2) is 4.99 Å². The van der Waals surface area contributed by atoms with Crippen LogP contribution in [-0.2, 0) is 0 Å². The van der Waals surface area contributed by atoms with Crippen molar-refractivity contribution in [1.82, 2.24) is 0 Å². The minimum atomic E-state index is -0.429. The topological polar surface area (TPSA) is 24.7 Å². The Morgan fingerprint density at radius 1 is 0.571 bits per heavy atom. The molecule has 0 aliphatic heterocycles. The molecule has 6 rings (SSSR count). The number of rotatable bonds is 9. The van der Waals surface area contributed by atoms with Crippen LogP contribution >= 0.6 is 7.92 Å². The van der Waals surface area contributed by atoms with Crippen molar-refractivity contribution in [3.63, 3.8) is 0 Å². The Balaban J connectivity index is 1.39. The van der Waals surface area contributed by atoms with Crippen LogP contribution in [0.4, 0.5) is 5.69 Å². The molecule has 0 heterocycles. The normalized spacial score (nSPS) is 14.7. The summed E-state index contributed by atoms with van der Waals surface area (Å²) in [5.41, 5.74) is 8.19. The predicted molar refractivity (Wildman–Crippen MR) is 185 cm³/mol. The van der Waals surface area contributed by atoms with Gasteiger partial charge in [-0.1, -0.05) is 143 Å². The Bertz CT molecular complexity index is 1680. The fourth-order valence-corrected chi connectivity index (χ4v) is 8.40. The van der Waals surface area contributed by atoms with Crippen molar-refractivity contribution < 1.29 is 0 Å². The Morgan fingerprint density at radius 2 is 1.10 bits per heavy atom. The second-order valence-electron chi connectivity index (χ2n) is 11.7. The van der Waals surface area contributed by atoms with Crippen LogP contribution in [0.1, 0.15) is 68.2 Å². The van der Waals surface area contributed by atoms with Gasteiger partial charge < -0.3 is 0 Å². The maximum Gasteiger partial charge on any atom is 0.0974 e. The molecule has 0 amide bonds. The molecule has 5 aromatic carbocycles. The molecular weight excluding hydrogens is 527 g/mol. The third-order valence-electron chi connectivity index (χ3n) is 8.15. The van der Waals surface area contributed by atoms with E-state index in [9.17, 15) is 0 Å². The van der Waals surface area contributed by atoms with E-state index in [1.54, 1.807) is 0 Å². The van der Waals surface area contributed by atoms with Crippen molar-refractivity contribution in [2.75, 3.05) is 12.7 Å². The van der Waals surface area contributed by atoms with Crippen LogP contribution in [0.3, 0.4) is 0 Å². The third kappa shape index (κ3) is 5.61. The molecule has 0 unspecified atom stereocenters. The average molecular weight is 567 g/mol. The summed E-state index contributed by atoms with van der Waals surface area (Å²) in [5, 5.41) is 5.39. The molecule has 0 aromatic heterocycles. The zero-order valence-corrected chi connectivity index (χ0v) is 26.0. The predicted octanol–water partition coefficient (Wildman–Crippen LogP) is 9.53. The van der Waals surface area contributed by atoms with Gasteiger partial charge in [-0.2, -0.15) is 0 Å². The lowest BCUT2D eigenvalue weighted by Crippen LogP contribution is -2.15. The maximum absolute atomic E-state index is 5.52. The highest BCUT2D eigenvalue weighted by Crippen LogP contribution is 2.39.